The lowest BCUT2D eigenvalue weighted by Gasteiger charge is -2.28. The normalized spacial score (nSPS) is 21.2. The average Bonchev–Trinajstić information content (AvgIpc) is 2.63. The van der Waals surface area contributed by atoms with Crippen molar-refractivity contribution in [3.05, 3.63) is 40.5 Å². The molecule has 1 aromatic carbocycles. The molecule has 25 heavy (non-hydrogen) atoms. The summed E-state index contributed by atoms with van der Waals surface area (Å²) in [5.41, 5.74) is 4.79. The predicted molar refractivity (Wildman–Crippen MR) is 102 cm³/mol. The molecule has 0 heterocycles. The molecule has 0 saturated heterocycles. The van der Waals surface area contributed by atoms with Gasteiger partial charge < -0.3 is 9.84 Å². The summed E-state index contributed by atoms with van der Waals surface area (Å²) in [5.74, 6) is 1.13. The summed E-state index contributed by atoms with van der Waals surface area (Å²) in [6, 6.07) is 6.29. The number of benzene rings is 1. The molecule has 0 amide bonds. The number of hydrogen-bond donors (Lipinski definition) is 1. The Morgan fingerprint density at radius 3 is 2.40 bits per heavy atom. The van der Waals surface area contributed by atoms with E-state index in [1.807, 2.05) is 0 Å². The molecule has 1 N–H and O–H groups in total. The van der Waals surface area contributed by atoms with E-state index in [1.54, 1.807) is 0 Å². The van der Waals surface area contributed by atoms with E-state index >= 15 is 0 Å². The van der Waals surface area contributed by atoms with Crippen molar-refractivity contribution in [2.45, 2.75) is 65.4 Å². The SMILES string of the molecule is CCC(=Cc1ccc(C)cc1CO)CC1CCC(CC(=O)OC)CC1. The first-order valence-corrected chi connectivity index (χ1v) is 9.52. The maximum atomic E-state index is 11.4. The lowest BCUT2D eigenvalue weighted by Crippen LogP contribution is -2.18. The molecule has 0 atom stereocenters. The summed E-state index contributed by atoms with van der Waals surface area (Å²) >= 11 is 0. The minimum atomic E-state index is -0.0755. The number of carbonyl (C=O) groups is 1. The van der Waals surface area contributed by atoms with Gasteiger partial charge >= 0.3 is 5.97 Å². The smallest absolute Gasteiger partial charge is 0.305 e. The number of methoxy groups -OCH3 is 1. The van der Waals surface area contributed by atoms with Crippen LogP contribution in [-0.4, -0.2) is 18.2 Å². The molecule has 0 aromatic heterocycles. The first kappa shape index (κ1) is 19.7. The van der Waals surface area contributed by atoms with E-state index in [1.165, 1.54) is 31.1 Å². The van der Waals surface area contributed by atoms with E-state index < -0.39 is 0 Å². The molecule has 0 spiro atoms. The lowest BCUT2D eigenvalue weighted by atomic mass is 9.77. The van der Waals surface area contributed by atoms with E-state index in [9.17, 15) is 9.90 Å². The van der Waals surface area contributed by atoms with Gasteiger partial charge in [0.2, 0.25) is 0 Å². The van der Waals surface area contributed by atoms with Crippen molar-refractivity contribution in [2.75, 3.05) is 7.11 Å². The van der Waals surface area contributed by atoms with Gasteiger partial charge in [-0.3, -0.25) is 4.79 Å². The molecule has 0 radical (unpaired) electrons. The first-order chi connectivity index (χ1) is 12.0. The molecular weight excluding hydrogens is 312 g/mol. The zero-order valence-corrected chi connectivity index (χ0v) is 15.9. The maximum Gasteiger partial charge on any atom is 0.305 e. The van der Waals surface area contributed by atoms with Crippen molar-refractivity contribution in [2.24, 2.45) is 11.8 Å². The largest absolute Gasteiger partial charge is 0.469 e. The summed E-state index contributed by atoms with van der Waals surface area (Å²) in [6.45, 7) is 4.35. The molecule has 0 bridgehead atoms. The van der Waals surface area contributed by atoms with Gasteiger partial charge in [-0.25, -0.2) is 0 Å². The number of rotatable bonds is 7. The minimum Gasteiger partial charge on any atom is -0.469 e. The summed E-state index contributed by atoms with van der Waals surface area (Å²) in [6.07, 6.45) is 9.65. The lowest BCUT2D eigenvalue weighted by molar-refractivity contribution is -0.142. The number of carbonyl (C=O) groups excluding carboxylic acids is 1. The number of hydrogen-bond acceptors (Lipinski definition) is 3. The van der Waals surface area contributed by atoms with Gasteiger partial charge in [-0.1, -0.05) is 42.3 Å². The number of allylic oxidation sites excluding steroid dienone is 1. The third kappa shape index (κ3) is 6.00. The van der Waals surface area contributed by atoms with E-state index in [2.05, 4.69) is 38.1 Å². The first-order valence-electron chi connectivity index (χ1n) is 9.52. The van der Waals surface area contributed by atoms with Crippen LogP contribution in [0.5, 0.6) is 0 Å². The molecule has 0 aliphatic heterocycles. The highest BCUT2D eigenvalue weighted by molar-refractivity contribution is 5.69. The Kier molecular flexibility index (Phi) is 7.70. The Bertz CT molecular complexity index is 595. The van der Waals surface area contributed by atoms with Crippen molar-refractivity contribution in [3.63, 3.8) is 0 Å². The maximum absolute atomic E-state index is 11.4. The highest BCUT2D eigenvalue weighted by atomic mass is 16.5. The highest BCUT2D eigenvalue weighted by Gasteiger charge is 2.23. The summed E-state index contributed by atoms with van der Waals surface area (Å²) in [5, 5.41) is 9.60. The summed E-state index contributed by atoms with van der Waals surface area (Å²) in [7, 11) is 1.47. The van der Waals surface area contributed by atoms with Gasteiger partial charge in [0.05, 0.1) is 13.7 Å². The Morgan fingerprint density at radius 1 is 1.20 bits per heavy atom. The molecule has 1 aromatic rings. The van der Waals surface area contributed by atoms with Crippen LogP contribution in [-0.2, 0) is 16.1 Å². The second kappa shape index (κ2) is 9.76. The quantitative estimate of drug-likeness (QED) is 0.705. The Hall–Kier alpha value is -1.61. The average molecular weight is 344 g/mol. The zero-order chi connectivity index (χ0) is 18.2. The third-order valence-corrected chi connectivity index (χ3v) is 5.48. The highest BCUT2D eigenvalue weighted by Crippen LogP contribution is 2.35. The fourth-order valence-electron chi connectivity index (χ4n) is 3.87. The number of aliphatic hydroxyl groups excluding tert-OH is 1. The van der Waals surface area contributed by atoms with Crippen molar-refractivity contribution in [1.29, 1.82) is 0 Å². The van der Waals surface area contributed by atoms with Crippen LogP contribution in [0.25, 0.3) is 6.08 Å². The molecule has 3 nitrogen and oxygen atoms in total. The van der Waals surface area contributed by atoms with Crippen molar-refractivity contribution < 1.29 is 14.6 Å². The second-order valence-corrected chi connectivity index (χ2v) is 7.39. The number of aliphatic hydroxyl groups is 1. The monoisotopic (exact) mass is 344 g/mol. The Balaban J connectivity index is 1.95. The summed E-state index contributed by atoms with van der Waals surface area (Å²) < 4.78 is 4.79. The molecular formula is C22H32O3. The fraction of sp³-hybridized carbons (Fsp3) is 0.591. The van der Waals surface area contributed by atoms with E-state index in [0.717, 1.165) is 36.8 Å². The molecule has 1 aliphatic rings. The molecule has 1 fully saturated rings. The standard InChI is InChI=1S/C22H32O3/c1-4-17(13-20-10-5-16(2)11-21(20)15-23)12-18-6-8-19(9-7-18)14-22(24)25-3/h5,10-11,13,18-19,23H,4,6-9,12,14-15H2,1-3H3. The fourth-order valence-corrected chi connectivity index (χ4v) is 3.87. The van der Waals surface area contributed by atoms with Crippen LogP contribution in [0, 0.1) is 18.8 Å². The Morgan fingerprint density at radius 2 is 1.84 bits per heavy atom. The van der Waals surface area contributed by atoms with Crippen LogP contribution in [0.1, 0.15) is 68.6 Å². The van der Waals surface area contributed by atoms with Gasteiger partial charge in [-0.15, -0.1) is 0 Å². The predicted octanol–water partition coefficient (Wildman–Crippen LogP) is 5.04. The molecule has 1 aliphatic carbocycles. The van der Waals surface area contributed by atoms with Crippen molar-refractivity contribution in [1.82, 2.24) is 0 Å². The van der Waals surface area contributed by atoms with Gasteiger partial charge in [0.25, 0.3) is 0 Å². The Labute approximate surface area is 152 Å². The molecule has 2 rings (SSSR count). The molecule has 3 heteroatoms. The van der Waals surface area contributed by atoms with Crippen LogP contribution in [0.4, 0.5) is 0 Å². The van der Waals surface area contributed by atoms with Crippen molar-refractivity contribution in [3.8, 4) is 0 Å². The van der Waals surface area contributed by atoms with Crippen LogP contribution in [0.15, 0.2) is 23.8 Å². The molecule has 1 saturated carbocycles. The molecule has 0 unspecified atom stereocenters. The van der Waals surface area contributed by atoms with Crippen LogP contribution < -0.4 is 0 Å². The summed E-state index contributed by atoms with van der Waals surface area (Å²) in [4.78, 5) is 11.4. The third-order valence-electron chi connectivity index (χ3n) is 5.48. The number of ether oxygens (including phenoxy) is 1. The van der Waals surface area contributed by atoms with Crippen LogP contribution >= 0.6 is 0 Å². The van der Waals surface area contributed by atoms with E-state index in [-0.39, 0.29) is 12.6 Å². The number of aryl methyl sites for hydroxylation is 1. The zero-order valence-electron chi connectivity index (χ0n) is 15.9. The number of esters is 1. The molecule has 138 valence electrons. The van der Waals surface area contributed by atoms with Crippen LogP contribution in [0.2, 0.25) is 0 Å². The second-order valence-electron chi connectivity index (χ2n) is 7.39. The van der Waals surface area contributed by atoms with E-state index in [4.69, 9.17) is 4.74 Å². The van der Waals surface area contributed by atoms with Gasteiger partial charge in [0.1, 0.15) is 0 Å². The topological polar surface area (TPSA) is 46.5 Å². The van der Waals surface area contributed by atoms with Crippen LogP contribution in [0.3, 0.4) is 0 Å². The van der Waals surface area contributed by atoms with Crippen molar-refractivity contribution >= 4 is 12.0 Å². The minimum absolute atomic E-state index is 0.0755. The van der Waals surface area contributed by atoms with Gasteiger partial charge in [-0.2, -0.15) is 0 Å². The van der Waals surface area contributed by atoms with Gasteiger partial charge in [0.15, 0.2) is 0 Å². The van der Waals surface area contributed by atoms with E-state index in [0.29, 0.717) is 18.3 Å². The van der Waals surface area contributed by atoms with Gasteiger partial charge in [0, 0.05) is 6.42 Å². The van der Waals surface area contributed by atoms with Gasteiger partial charge in [-0.05, 0) is 68.4 Å².